The Labute approximate surface area is 159 Å². The van der Waals surface area contributed by atoms with Crippen LogP contribution in [0.1, 0.15) is 4.88 Å². The van der Waals surface area contributed by atoms with Gasteiger partial charge in [0.2, 0.25) is 0 Å². The number of benzene rings is 2. The summed E-state index contributed by atoms with van der Waals surface area (Å²) in [4.78, 5) is 20.9. The standard InChI is InChI=1S/C19H11BrF2N2OS/c1-9-14(10-5-7-11(20)8-6-10)16-18(25)23-17(24-19(16)26-9)15-12(21)3-2-4-13(15)22/h2-8H,1H3,(H,23,24,25). The van der Waals surface area contributed by atoms with Gasteiger partial charge in [-0.25, -0.2) is 13.8 Å². The first kappa shape index (κ1) is 17.1. The second kappa shape index (κ2) is 6.41. The number of nitrogens with zero attached hydrogens (tertiary/aromatic N) is 1. The molecule has 0 aliphatic heterocycles. The predicted molar refractivity (Wildman–Crippen MR) is 103 cm³/mol. The topological polar surface area (TPSA) is 45.8 Å². The van der Waals surface area contributed by atoms with E-state index in [9.17, 15) is 13.6 Å². The van der Waals surface area contributed by atoms with Gasteiger partial charge in [-0.3, -0.25) is 4.79 Å². The Morgan fingerprint density at radius 1 is 1.04 bits per heavy atom. The zero-order chi connectivity index (χ0) is 18.4. The van der Waals surface area contributed by atoms with Crippen LogP contribution in [0.15, 0.2) is 51.7 Å². The Kier molecular flexibility index (Phi) is 4.20. The Hall–Kier alpha value is -2.38. The molecule has 4 aromatic rings. The highest BCUT2D eigenvalue weighted by Crippen LogP contribution is 2.36. The maximum absolute atomic E-state index is 14.1. The van der Waals surface area contributed by atoms with E-state index < -0.39 is 17.2 Å². The quantitative estimate of drug-likeness (QED) is 0.443. The fourth-order valence-corrected chi connectivity index (χ4v) is 4.24. The van der Waals surface area contributed by atoms with Crippen LogP contribution in [0.5, 0.6) is 0 Å². The molecule has 0 saturated carbocycles. The Balaban J connectivity index is 1.99. The van der Waals surface area contributed by atoms with E-state index in [4.69, 9.17) is 0 Å². The lowest BCUT2D eigenvalue weighted by atomic mass is 10.0. The van der Waals surface area contributed by atoms with Crippen LogP contribution in [0.2, 0.25) is 0 Å². The molecule has 0 radical (unpaired) electrons. The number of H-pyrrole nitrogens is 1. The lowest BCUT2D eigenvalue weighted by Gasteiger charge is -2.05. The van der Waals surface area contributed by atoms with E-state index in [1.807, 2.05) is 31.2 Å². The van der Waals surface area contributed by atoms with E-state index in [-0.39, 0.29) is 11.4 Å². The summed E-state index contributed by atoms with van der Waals surface area (Å²) in [6.07, 6.45) is 0. The highest BCUT2D eigenvalue weighted by Gasteiger charge is 2.19. The van der Waals surface area contributed by atoms with Crippen molar-refractivity contribution >= 4 is 37.5 Å². The van der Waals surface area contributed by atoms with Gasteiger partial charge in [-0.05, 0) is 36.8 Å². The number of fused-ring (bicyclic) bond motifs is 1. The molecule has 7 heteroatoms. The second-order valence-electron chi connectivity index (χ2n) is 5.73. The van der Waals surface area contributed by atoms with Crippen molar-refractivity contribution in [2.24, 2.45) is 0 Å². The van der Waals surface area contributed by atoms with Crippen molar-refractivity contribution in [1.29, 1.82) is 0 Å². The highest BCUT2D eigenvalue weighted by atomic mass is 79.9. The summed E-state index contributed by atoms with van der Waals surface area (Å²) >= 11 is 4.72. The van der Waals surface area contributed by atoms with Crippen molar-refractivity contribution in [3.8, 4) is 22.5 Å². The van der Waals surface area contributed by atoms with E-state index in [0.29, 0.717) is 10.2 Å². The number of aromatic amines is 1. The van der Waals surface area contributed by atoms with E-state index in [1.54, 1.807) is 0 Å². The van der Waals surface area contributed by atoms with Gasteiger partial charge >= 0.3 is 0 Å². The average molecular weight is 433 g/mol. The SMILES string of the molecule is Cc1sc2nc(-c3c(F)cccc3F)[nH]c(=O)c2c1-c1ccc(Br)cc1. The minimum Gasteiger partial charge on any atom is -0.306 e. The number of aromatic nitrogens is 2. The molecule has 130 valence electrons. The summed E-state index contributed by atoms with van der Waals surface area (Å²) in [6, 6.07) is 11.1. The number of hydrogen-bond donors (Lipinski definition) is 1. The Morgan fingerprint density at radius 3 is 2.35 bits per heavy atom. The van der Waals surface area contributed by atoms with Crippen LogP contribution >= 0.6 is 27.3 Å². The first-order chi connectivity index (χ1) is 12.5. The van der Waals surface area contributed by atoms with E-state index in [1.165, 1.54) is 17.4 Å². The average Bonchev–Trinajstić information content (AvgIpc) is 2.92. The normalized spacial score (nSPS) is 11.2. The molecule has 2 heterocycles. The second-order valence-corrected chi connectivity index (χ2v) is 7.85. The first-order valence-electron chi connectivity index (χ1n) is 7.69. The molecule has 1 N–H and O–H groups in total. The lowest BCUT2D eigenvalue weighted by Crippen LogP contribution is -2.10. The molecule has 0 unspecified atom stereocenters. The van der Waals surface area contributed by atoms with Gasteiger partial charge in [0, 0.05) is 14.9 Å². The van der Waals surface area contributed by atoms with Gasteiger partial charge in [-0.15, -0.1) is 11.3 Å². The molecule has 2 aromatic heterocycles. The molecule has 0 saturated heterocycles. The lowest BCUT2D eigenvalue weighted by molar-refractivity contribution is 0.587. The molecule has 26 heavy (non-hydrogen) atoms. The first-order valence-corrected chi connectivity index (χ1v) is 9.30. The number of aryl methyl sites for hydroxylation is 1. The molecule has 0 aliphatic rings. The zero-order valence-corrected chi connectivity index (χ0v) is 15.8. The van der Waals surface area contributed by atoms with Crippen molar-refractivity contribution in [1.82, 2.24) is 9.97 Å². The molecule has 0 aliphatic carbocycles. The van der Waals surface area contributed by atoms with E-state index >= 15 is 0 Å². The molecule has 0 atom stereocenters. The molecule has 0 fully saturated rings. The van der Waals surface area contributed by atoms with Gasteiger partial charge in [0.1, 0.15) is 22.3 Å². The van der Waals surface area contributed by atoms with Gasteiger partial charge in [-0.2, -0.15) is 0 Å². The van der Waals surface area contributed by atoms with Crippen LogP contribution in [-0.4, -0.2) is 9.97 Å². The predicted octanol–water partition coefficient (Wildman–Crippen LogP) is 5.67. The summed E-state index contributed by atoms with van der Waals surface area (Å²) in [6.45, 7) is 1.90. The van der Waals surface area contributed by atoms with Crippen molar-refractivity contribution in [3.05, 3.63) is 73.8 Å². The van der Waals surface area contributed by atoms with Crippen molar-refractivity contribution in [2.45, 2.75) is 6.92 Å². The monoisotopic (exact) mass is 432 g/mol. The smallest absolute Gasteiger partial charge is 0.260 e. The van der Waals surface area contributed by atoms with Crippen LogP contribution in [-0.2, 0) is 0 Å². The maximum Gasteiger partial charge on any atom is 0.260 e. The van der Waals surface area contributed by atoms with Crippen LogP contribution in [0, 0.1) is 18.6 Å². The summed E-state index contributed by atoms with van der Waals surface area (Å²) < 4.78 is 29.0. The van der Waals surface area contributed by atoms with Gasteiger partial charge in [-0.1, -0.05) is 34.1 Å². The largest absolute Gasteiger partial charge is 0.306 e. The molecule has 2 aromatic carbocycles. The van der Waals surface area contributed by atoms with Crippen LogP contribution < -0.4 is 5.56 Å². The highest BCUT2D eigenvalue weighted by molar-refractivity contribution is 9.10. The fourth-order valence-electron chi connectivity index (χ4n) is 2.93. The summed E-state index contributed by atoms with van der Waals surface area (Å²) in [5.41, 5.74) is 0.915. The minimum absolute atomic E-state index is 0.110. The van der Waals surface area contributed by atoms with Crippen molar-refractivity contribution < 1.29 is 8.78 Å². The van der Waals surface area contributed by atoms with E-state index in [2.05, 4.69) is 25.9 Å². The summed E-state index contributed by atoms with van der Waals surface area (Å²) in [5, 5.41) is 0.426. The number of halogens is 3. The van der Waals surface area contributed by atoms with E-state index in [0.717, 1.165) is 32.6 Å². The third-order valence-corrected chi connectivity index (χ3v) is 5.60. The molecule has 0 spiro atoms. The summed E-state index contributed by atoms with van der Waals surface area (Å²) in [7, 11) is 0. The van der Waals surface area contributed by atoms with Gasteiger partial charge in [0.25, 0.3) is 5.56 Å². The number of nitrogens with one attached hydrogen (secondary N) is 1. The van der Waals surface area contributed by atoms with Gasteiger partial charge < -0.3 is 4.98 Å². The molecule has 0 bridgehead atoms. The molecule has 4 rings (SSSR count). The Bertz CT molecular complexity index is 1180. The van der Waals surface area contributed by atoms with Crippen LogP contribution in [0.4, 0.5) is 8.78 Å². The fraction of sp³-hybridized carbons (Fsp3) is 0.0526. The van der Waals surface area contributed by atoms with Gasteiger partial charge in [0.15, 0.2) is 0 Å². The third kappa shape index (κ3) is 2.77. The number of rotatable bonds is 2. The van der Waals surface area contributed by atoms with Crippen molar-refractivity contribution in [2.75, 3.05) is 0 Å². The molecule has 0 amide bonds. The third-order valence-electron chi connectivity index (χ3n) is 4.07. The summed E-state index contributed by atoms with van der Waals surface area (Å²) in [5.74, 6) is -1.65. The minimum atomic E-state index is -0.770. The molecular formula is C19H11BrF2N2OS. The molecule has 3 nitrogen and oxygen atoms in total. The maximum atomic E-state index is 14.1. The number of thiophene rings is 1. The van der Waals surface area contributed by atoms with Crippen LogP contribution in [0.3, 0.4) is 0 Å². The van der Waals surface area contributed by atoms with Crippen molar-refractivity contribution in [3.63, 3.8) is 0 Å². The van der Waals surface area contributed by atoms with Crippen LogP contribution in [0.25, 0.3) is 32.7 Å². The zero-order valence-electron chi connectivity index (χ0n) is 13.4. The Morgan fingerprint density at radius 2 is 1.69 bits per heavy atom. The number of hydrogen-bond acceptors (Lipinski definition) is 3. The van der Waals surface area contributed by atoms with Gasteiger partial charge in [0.05, 0.1) is 10.9 Å². The molecular weight excluding hydrogens is 422 g/mol.